The molecule has 0 unspecified atom stereocenters. The Morgan fingerprint density at radius 3 is 1.42 bits per heavy atom. The maximum absolute atomic E-state index is 7.72. The zero-order valence-electron chi connectivity index (χ0n) is 30.7. The number of nitrogens with zero attached hydrogens (tertiary/aromatic N) is 4. The molecule has 5 nitrogen and oxygen atoms in total. The number of para-hydroxylation sites is 1. The van der Waals surface area contributed by atoms with Crippen LogP contribution in [-0.4, -0.2) is 15.0 Å². The Kier molecular flexibility index (Phi) is 8.48. The Bertz CT molecular complexity index is 3040. The van der Waals surface area contributed by atoms with Gasteiger partial charge in [-0.2, -0.15) is 0 Å². The summed E-state index contributed by atoms with van der Waals surface area (Å²) >= 11 is 0. The summed E-state index contributed by atoms with van der Waals surface area (Å²) in [5.41, 5.74) is 12.9. The number of aromatic nitrogens is 3. The molecule has 0 N–H and O–H groups in total. The average Bonchev–Trinajstić information content (AvgIpc) is 3.69. The number of benzene rings is 8. The molecule has 57 heavy (non-hydrogen) atoms. The van der Waals surface area contributed by atoms with E-state index in [1.54, 1.807) is 0 Å². The zero-order valence-corrected chi connectivity index (χ0v) is 30.7. The van der Waals surface area contributed by atoms with Crippen molar-refractivity contribution in [2.24, 2.45) is 0 Å². The summed E-state index contributed by atoms with van der Waals surface area (Å²) in [5.74, 6) is 1.74. The molecule has 0 bridgehead atoms. The molecule has 8 aromatic carbocycles. The fourth-order valence-corrected chi connectivity index (χ4v) is 7.60. The Balaban J connectivity index is 1.27. The number of furan rings is 1. The predicted molar refractivity (Wildman–Crippen MR) is 231 cm³/mol. The van der Waals surface area contributed by atoms with Crippen molar-refractivity contribution in [3.8, 4) is 78.7 Å². The van der Waals surface area contributed by atoms with Gasteiger partial charge in [-0.25, -0.2) is 19.8 Å². The van der Waals surface area contributed by atoms with Crippen LogP contribution in [0.15, 0.2) is 199 Å². The molecule has 2 heterocycles. The average molecular weight is 729 g/mol. The molecule has 0 aliphatic heterocycles. The van der Waals surface area contributed by atoms with E-state index in [4.69, 9.17) is 25.9 Å². The maximum atomic E-state index is 7.72. The van der Waals surface area contributed by atoms with Gasteiger partial charge in [0.25, 0.3) is 0 Å². The van der Waals surface area contributed by atoms with Gasteiger partial charge in [-0.15, -0.1) is 0 Å². The van der Waals surface area contributed by atoms with E-state index in [1.807, 2.05) is 97.1 Å². The first-order valence-electron chi connectivity index (χ1n) is 18.8. The van der Waals surface area contributed by atoms with Crippen molar-refractivity contribution in [1.29, 1.82) is 0 Å². The molecular weight excluding hydrogens is 697 g/mol. The van der Waals surface area contributed by atoms with Crippen molar-refractivity contribution in [3.05, 3.63) is 206 Å². The monoisotopic (exact) mass is 728 g/mol. The minimum Gasteiger partial charge on any atom is -0.455 e. The molecule has 0 aliphatic carbocycles. The zero-order chi connectivity index (χ0) is 38.1. The lowest BCUT2D eigenvalue weighted by atomic mass is 9.93. The van der Waals surface area contributed by atoms with Crippen LogP contribution < -0.4 is 0 Å². The van der Waals surface area contributed by atoms with Gasteiger partial charge in [0.05, 0.1) is 6.57 Å². The van der Waals surface area contributed by atoms with Crippen LogP contribution in [0.5, 0.6) is 0 Å². The molecule has 10 aromatic rings. The number of hydrogen-bond donors (Lipinski definition) is 0. The van der Waals surface area contributed by atoms with Crippen molar-refractivity contribution in [3.63, 3.8) is 0 Å². The van der Waals surface area contributed by atoms with Gasteiger partial charge in [-0.05, 0) is 57.6 Å². The molecule has 0 radical (unpaired) electrons. The standard InChI is InChI=1S/C52H32N4O/c1-53-46-25-15-14-24-41(46)36-26-28-37(29-27-36)42-30-31-43(52-55-50(38-20-10-4-11-21-38)54-51(56-52)39-22-12-5-13-23-39)47-45-33-40(34-16-6-2-7-17-34)32-44(48(45)57-49(42)47)35-18-8-3-9-19-35/h2-33H. The molecular formula is C52H32N4O. The highest BCUT2D eigenvalue weighted by Crippen LogP contribution is 2.46. The highest BCUT2D eigenvalue weighted by atomic mass is 16.3. The van der Waals surface area contributed by atoms with Crippen molar-refractivity contribution in [2.75, 3.05) is 0 Å². The first-order chi connectivity index (χ1) is 28.2. The second kappa shape index (κ2) is 14.4. The lowest BCUT2D eigenvalue weighted by Crippen LogP contribution is -2.00. The van der Waals surface area contributed by atoms with E-state index in [0.29, 0.717) is 23.2 Å². The summed E-state index contributed by atoms with van der Waals surface area (Å²) in [7, 11) is 0. The number of rotatable bonds is 7. The normalized spacial score (nSPS) is 11.1. The Labute approximate surface area is 330 Å². The molecule has 2 aromatic heterocycles. The quantitative estimate of drug-likeness (QED) is 0.153. The van der Waals surface area contributed by atoms with Crippen molar-refractivity contribution >= 4 is 27.6 Å². The van der Waals surface area contributed by atoms with Gasteiger partial charge < -0.3 is 4.42 Å². The molecule has 0 atom stereocenters. The minimum atomic E-state index is 0.555. The van der Waals surface area contributed by atoms with E-state index in [-0.39, 0.29) is 0 Å². The summed E-state index contributed by atoms with van der Waals surface area (Å²) in [6, 6.07) is 65.7. The molecule has 0 saturated carbocycles. The summed E-state index contributed by atoms with van der Waals surface area (Å²) in [6.07, 6.45) is 0. The van der Waals surface area contributed by atoms with Crippen LogP contribution in [0.1, 0.15) is 0 Å². The highest BCUT2D eigenvalue weighted by Gasteiger charge is 2.23. The van der Waals surface area contributed by atoms with Gasteiger partial charge in [-0.3, -0.25) is 0 Å². The molecule has 0 aliphatic rings. The van der Waals surface area contributed by atoms with Crippen LogP contribution in [0.25, 0.3) is 105 Å². The SMILES string of the molecule is [C-]#[N+]c1ccccc1-c1ccc(-c2ccc(-c3nc(-c4ccccc4)nc(-c4ccccc4)n3)c3c2oc2c(-c4ccccc4)cc(-c4ccccc4)cc23)cc1. The maximum Gasteiger partial charge on any atom is 0.194 e. The first-order valence-corrected chi connectivity index (χ1v) is 18.8. The van der Waals surface area contributed by atoms with Gasteiger partial charge in [0.2, 0.25) is 0 Å². The summed E-state index contributed by atoms with van der Waals surface area (Å²) in [5, 5.41) is 1.89. The van der Waals surface area contributed by atoms with Crippen LogP contribution in [0.4, 0.5) is 5.69 Å². The largest absolute Gasteiger partial charge is 0.455 e. The summed E-state index contributed by atoms with van der Waals surface area (Å²) < 4.78 is 7.15. The van der Waals surface area contributed by atoms with Gasteiger partial charge in [0, 0.05) is 38.6 Å². The van der Waals surface area contributed by atoms with Gasteiger partial charge in [-0.1, -0.05) is 170 Å². The van der Waals surface area contributed by atoms with Crippen molar-refractivity contribution < 1.29 is 4.42 Å². The third-order valence-electron chi connectivity index (χ3n) is 10.4. The first kappa shape index (κ1) is 33.6. The molecule has 0 saturated heterocycles. The third-order valence-corrected chi connectivity index (χ3v) is 10.4. The van der Waals surface area contributed by atoms with Gasteiger partial charge >= 0.3 is 0 Å². The van der Waals surface area contributed by atoms with Crippen LogP contribution in [-0.2, 0) is 0 Å². The highest BCUT2D eigenvalue weighted by molar-refractivity contribution is 6.19. The molecule has 266 valence electrons. The molecule has 5 heteroatoms. The van der Waals surface area contributed by atoms with Gasteiger partial charge in [0.15, 0.2) is 23.2 Å². The van der Waals surface area contributed by atoms with Crippen LogP contribution in [0, 0.1) is 6.57 Å². The van der Waals surface area contributed by atoms with Crippen LogP contribution in [0.2, 0.25) is 0 Å². The summed E-state index contributed by atoms with van der Waals surface area (Å²) in [4.78, 5) is 19.1. The van der Waals surface area contributed by atoms with Gasteiger partial charge in [0.1, 0.15) is 11.2 Å². The lowest BCUT2D eigenvalue weighted by molar-refractivity contribution is 0.671. The van der Waals surface area contributed by atoms with E-state index in [0.717, 1.165) is 83.1 Å². The minimum absolute atomic E-state index is 0.555. The topological polar surface area (TPSA) is 56.2 Å². The van der Waals surface area contributed by atoms with E-state index >= 15 is 0 Å². The van der Waals surface area contributed by atoms with E-state index in [9.17, 15) is 0 Å². The molecule has 10 rings (SSSR count). The van der Waals surface area contributed by atoms with Crippen molar-refractivity contribution in [2.45, 2.75) is 0 Å². The smallest absolute Gasteiger partial charge is 0.194 e. The van der Waals surface area contributed by atoms with E-state index < -0.39 is 0 Å². The third kappa shape index (κ3) is 6.22. The van der Waals surface area contributed by atoms with Crippen LogP contribution >= 0.6 is 0 Å². The fraction of sp³-hybridized carbons (Fsp3) is 0. The Morgan fingerprint density at radius 2 is 0.825 bits per heavy atom. The Hall–Kier alpha value is -7.94. The Morgan fingerprint density at radius 1 is 0.351 bits per heavy atom. The van der Waals surface area contributed by atoms with E-state index in [2.05, 4.69) is 102 Å². The fourth-order valence-electron chi connectivity index (χ4n) is 7.60. The molecule has 0 amide bonds. The number of hydrogen-bond acceptors (Lipinski definition) is 4. The second-order valence-corrected chi connectivity index (χ2v) is 13.8. The lowest BCUT2D eigenvalue weighted by Gasteiger charge is -2.11. The van der Waals surface area contributed by atoms with Crippen LogP contribution in [0.3, 0.4) is 0 Å². The summed E-state index contributed by atoms with van der Waals surface area (Å²) in [6.45, 7) is 7.72. The van der Waals surface area contributed by atoms with Crippen molar-refractivity contribution in [1.82, 2.24) is 15.0 Å². The number of fused-ring (bicyclic) bond motifs is 3. The predicted octanol–water partition coefficient (Wildman–Crippen LogP) is 14.0. The van der Waals surface area contributed by atoms with E-state index in [1.165, 1.54) is 0 Å². The second-order valence-electron chi connectivity index (χ2n) is 13.8. The molecule has 0 spiro atoms. The molecule has 0 fully saturated rings.